The summed E-state index contributed by atoms with van der Waals surface area (Å²) in [5, 5.41) is 18.8. The molecule has 0 bridgehead atoms. The van der Waals surface area contributed by atoms with Crippen LogP contribution in [-0.2, 0) is 11.2 Å². The number of amides is 1. The van der Waals surface area contributed by atoms with Gasteiger partial charge < -0.3 is 20.7 Å². The Kier molecular flexibility index (Phi) is 9.12. The molecule has 0 fully saturated rings. The molecular weight excluding hydrogens is 487 g/mol. The number of halogens is 3. The van der Waals surface area contributed by atoms with E-state index in [1.54, 1.807) is 18.2 Å². The van der Waals surface area contributed by atoms with Crippen LogP contribution < -0.4 is 20.7 Å². The third-order valence-corrected chi connectivity index (χ3v) is 4.80. The minimum Gasteiger partial charge on any atom is -0.484 e. The van der Waals surface area contributed by atoms with Crippen molar-refractivity contribution in [1.29, 1.82) is 0 Å². The lowest BCUT2D eigenvalue weighted by Gasteiger charge is -2.27. The topological polar surface area (TPSA) is 106 Å². The molecule has 2 rings (SSSR count). The van der Waals surface area contributed by atoms with Crippen molar-refractivity contribution in [3.63, 3.8) is 0 Å². The predicted octanol–water partition coefficient (Wildman–Crippen LogP) is 4.34. The van der Waals surface area contributed by atoms with Gasteiger partial charge in [0.15, 0.2) is 11.7 Å². The quantitative estimate of drug-likeness (QED) is 0.161. The molecule has 0 unspecified atom stereocenters. The zero-order chi connectivity index (χ0) is 23.0. The van der Waals surface area contributed by atoms with Crippen molar-refractivity contribution in [2.45, 2.75) is 23.3 Å². The van der Waals surface area contributed by atoms with Crippen molar-refractivity contribution < 1.29 is 14.5 Å². The summed E-state index contributed by atoms with van der Waals surface area (Å²) in [7, 11) is 0. The number of nitrogens with zero attached hydrogens (tertiary/aromatic N) is 1. The Labute approximate surface area is 199 Å². The standard InChI is InChI=1S/C19H19Cl3N4O4S/c1-2-12-6-8-15(9-7-12)30-11-16(27)24-17(19(20,21)22)25-18(31)23-13-4-3-5-14(10-13)26(28)29/h3-10,17H,2,11H2,1H3,(H,24,27)(H2,23,25,31)/t17-/m1/s1. The molecular formula is C19H19Cl3N4O4S. The first-order chi connectivity index (χ1) is 14.6. The molecule has 31 heavy (non-hydrogen) atoms. The Morgan fingerprint density at radius 3 is 2.45 bits per heavy atom. The van der Waals surface area contributed by atoms with E-state index < -0.39 is 20.8 Å². The molecule has 0 aromatic heterocycles. The van der Waals surface area contributed by atoms with Gasteiger partial charge in [0, 0.05) is 17.8 Å². The molecule has 0 saturated heterocycles. The van der Waals surface area contributed by atoms with Crippen LogP contribution in [0.1, 0.15) is 12.5 Å². The molecule has 0 aliphatic carbocycles. The van der Waals surface area contributed by atoms with E-state index in [-0.39, 0.29) is 17.4 Å². The van der Waals surface area contributed by atoms with Crippen LogP contribution in [-0.4, -0.2) is 32.5 Å². The Hall–Kier alpha value is -2.33. The van der Waals surface area contributed by atoms with E-state index in [9.17, 15) is 14.9 Å². The summed E-state index contributed by atoms with van der Waals surface area (Å²) in [6.07, 6.45) is -0.309. The van der Waals surface area contributed by atoms with Crippen LogP contribution in [0.3, 0.4) is 0 Å². The van der Waals surface area contributed by atoms with Crippen molar-refractivity contribution in [2.24, 2.45) is 0 Å². The van der Waals surface area contributed by atoms with Crippen LogP contribution in [0.5, 0.6) is 5.75 Å². The number of alkyl halides is 3. The van der Waals surface area contributed by atoms with Crippen LogP contribution in [0.2, 0.25) is 0 Å². The van der Waals surface area contributed by atoms with Crippen LogP contribution in [0.25, 0.3) is 0 Å². The molecule has 12 heteroatoms. The fourth-order valence-electron chi connectivity index (χ4n) is 2.37. The van der Waals surface area contributed by atoms with E-state index in [0.717, 1.165) is 12.0 Å². The molecule has 0 saturated carbocycles. The molecule has 0 spiro atoms. The van der Waals surface area contributed by atoms with Gasteiger partial charge >= 0.3 is 0 Å². The Bertz CT molecular complexity index is 938. The van der Waals surface area contributed by atoms with Gasteiger partial charge in [-0.1, -0.05) is 59.9 Å². The smallest absolute Gasteiger partial charge is 0.271 e. The molecule has 0 heterocycles. The van der Waals surface area contributed by atoms with Crippen LogP contribution >= 0.6 is 47.0 Å². The Morgan fingerprint density at radius 1 is 1.19 bits per heavy atom. The zero-order valence-corrected chi connectivity index (χ0v) is 19.3. The van der Waals surface area contributed by atoms with Crippen molar-refractivity contribution in [3.8, 4) is 5.75 Å². The molecule has 0 aliphatic rings. The van der Waals surface area contributed by atoms with E-state index in [1.807, 2.05) is 19.1 Å². The average molecular weight is 506 g/mol. The molecule has 2 aromatic carbocycles. The molecule has 1 amide bonds. The van der Waals surface area contributed by atoms with E-state index >= 15 is 0 Å². The summed E-state index contributed by atoms with van der Waals surface area (Å²) in [5.41, 5.74) is 1.37. The first-order valence-corrected chi connectivity index (χ1v) is 10.5. The summed E-state index contributed by atoms with van der Waals surface area (Å²) < 4.78 is 3.48. The first kappa shape index (κ1) is 24.9. The second-order valence-electron chi connectivity index (χ2n) is 6.23. The molecule has 3 N–H and O–H groups in total. The number of thiocarbonyl (C=S) groups is 1. The highest BCUT2D eigenvalue weighted by molar-refractivity contribution is 7.80. The van der Waals surface area contributed by atoms with Crippen LogP contribution in [0, 0.1) is 10.1 Å². The predicted molar refractivity (Wildman–Crippen MR) is 126 cm³/mol. The average Bonchev–Trinajstić information content (AvgIpc) is 2.71. The Morgan fingerprint density at radius 2 is 1.87 bits per heavy atom. The number of non-ortho nitro benzene ring substituents is 1. The van der Waals surface area contributed by atoms with Gasteiger partial charge in [0.25, 0.3) is 11.6 Å². The summed E-state index contributed by atoms with van der Waals surface area (Å²) in [5.74, 6) is -0.0323. The number of nitro benzene ring substituents is 1. The number of aryl methyl sites for hydroxylation is 1. The fraction of sp³-hybridized carbons (Fsp3) is 0.263. The normalized spacial score (nSPS) is 11.9. The number of rotatable bonds is 8. The summed E-state index contributed by atoms with van der Waals surface area (Å²) in [4.78, 5) is 22.6. The number of nitrogens with one attached hydrogen (secondary N) is 3. The highest BCUT2D eigenvalue weighted by Gasteiger charge is 2.34. The van der Waals surface area contributed by atoms with Gasteiger partial charge in [0.1, 0.15) is 11.9 Å². The SMILES string of the molecule is CCc1ccc(OCC(=O)N[C@H](NC(=S)Nc2cccc([N+](=O)[O-])c2)C(Cl)(Cl)Cl)cc1. The fourth-order valence-corrected chi connectivity index (χ4v) is 2.93. The Balaban J connectivity index is 1.94. The molecule has 8 nitrogen and oxygen atoms in total. The van der Waals surface area contributed by atoms with Gasteiger partial charge in [0.2, 0.25) is 3.79 Å². The largest absolute Gasteiger partial charge is 0.484 e. The minimum absolute atomic E-state index is 0.0202. The van der Waals surface area contributed by atoms with Crippen molar-refractivity contribution in [1.82, 2.24) is 10.6 Å². The third-order valence-electron chi connectivity index (χ3n) is 3.92. The zero-order valence-electron chi connectivity index (χ0n) is 16.2. The summed E-state index contributed by atoms with van der Waals surface area (Å²) in [6, 6.07) is 13.0. The van der Waals surface area contributed by atoms with Crippen molar-refractivity contribution in [2.75, 3.05) is 11.9 Å². The molecule has 0 radical (unpaired) electrons. The first-order valence-electron chi connectivity index (χ1n) is 8.98. The number of nitro groups is 1. The number of benzene rings is 2. The maximum atomic E-state index is 12.3. The van der Waals surface area contributed by atoms with Gasteiger partial charge in [-0.15, -0.1) is 0 Å². The van der Waals surface area contributed by atoms with Gasteiger partial charge in [-0.2, -0.15) is 0 Å². The van der Waals surface area contributed by atoms with E-state index in [4.69, 9.17) is 51.8 Å². The van der Waals surface area contributed by atoms with E-state index in [0.29, 0.717) is 11.4 Å². The second-order valence-corrected chi connectivity index (χ2v) is 9.01. The number of carbonyl (C=O) groups is 1. The highest BCUT2D eigenvalue weighted by Crippen LogP contribution is 2.29. The number of carbonyl (C=O) groups excluding carboxylic acids is 1. The molecule has 166 valence electrons. The summed E-state index contributed by atoms with van der Waals surface area (Å²) >= 11 is 23.0. The minimum atomic E-state index is -1.95. The molecule has 1 atom stereocenters. The number of hydrogen-bond acceptors (Lipinski definition) is 5. The second kappa shape index (κ2) is 11.3. The van der Waals surface area contributed by atoms with E-state index in [2.05, 4.69) is 16.0 Å². The van der Waals surface area contributed by atoms with Crippen molar-refractivity contribution in [3.05, 3.63) is 64.2 Å². The lowest BCUT2D eigenvalue weighted by Crippen LogP contribution is -2.56. The highest BCUT2D eigenvalue weighted by atomic mass is 35.6. The molecule has 2 aromatic rings. The maximum Gasteiger partial charge on any atom is 0.271 e. The van der Waals surface area contributed by atoms with Gasteiger partial charge in [-0.3, -0.25) is 14.9 Å². The van der Waals surface area contributed by atoms with E-state index in [1.165, 1.54) is 18.2 Å². The monoisotopic (exact) mass is 504 g/mol. The molecule has 0 aliphatic heterocycles. The maximum absolute atomic E-state index is 12.3. The van der Waals surface area contributed by atoms with Gasteiger partial charge in [-0.25, -0.2) is 0 Å². The van der Waals surface area contributed by atoms with Crippen molar-refractivity contribution >= 4 is 69.4 Å². The number of hydrogen-bond donors (Lipinski definition) is 3. The summed E-state index contributed by atoms with van der Waals surface area (Å²) in [6.45, 7) is 1.72. The number of ether oxygens (including phenoxy) is 1. The third kappa shape index (κ3) is 8.37. The lowest BCUT2D eigenvalue weighted by atomic mass is 10.2. The van der Waals surface area contributed by atoms with Gasteiger partial charge in [-0.05, 0) is 42.4 Å². The van der Waals surface area contributed by atoms with Crippen LogP contribution in [0.4, 0.5) is 11.4 Å². The lowest BCUT2D eigenvalue weighted by molar-refractivity contribution is -0.384. The van der Waals surface area contributed by atoms with Gasteiger partial charge in [0.05, 0.1) is 4.92 Å². The van der Waals surface area contributed by atoms with Crippen LogP contribution in [0.15, 0.2) is 48.5 Å². The number of anilines is 1.